The van der Waals surface area contributed by atoms with Crippen LogP contribution in [-0.4, -0.2) is 15.9 Å². The Hall–Kier alpha value is -1.45. The highest BCUT2D eigenvalue weighted by Gasteiger charge is 2.03. The van der Waals surface area contributed by atoms with Gasteiger partial charge in [0.05, 0.1) is 11.9 Å². The molecule has 0 aliphatic rings. The van der Waals surface area contributed by atoms with Crippen LogP contribution < -0.4 is 5.32 Å². The van der Waals surface area contributed by atoms with E-state index in [4.69, 9.17) is 0 Å². The molecule has 0 aliphatic heterocycles. The Balaban J connectivity index is 0.000000921. The van der Waals surface area contributed by atoms with Crippen molar-refractivity contribution in [3.63, 3.8) is 0 Å². The Morgan fingerprint density at radius 2 is 1.93 bits per heavy atom. The molecule has 4 heteroatoms. The summed E-state index contributed by atoms with van der Waals surface area (Å²) >= 11 is 0. The van der Waals surface area contributed by atoms with Crippen LogP contribution in [0.2, 0.25) is 0 Å². The average Bonchev–Trinajstić information content (AvgIpc) is 2.20. The van der Waals surface area contributed by atoms with Gasteiger partial charge in [0.15, 0.2) is 5.82 Å². The number of carbonyl (C=O) groups is 1. The molecule has 1 N–H and O–H groups in total. The van der Waals surface area contributed by atoms with E-state index in [0.29, 0.717) is 11.7 Å². The summed E-state index contributed by atoms with van der Waals surface area (Å²) in [7, 11) is 0. The number of hydrogen-bond acceptors (Lipinski definition) is 3. The molecule has 0 bridgehead atoms. The van der Waals surface area contributed by atoms with Crippen molar-refractivity contribution in [2.75, 3.05) is 5.32 Å². The third-order valence-electron chi connectivity index (χ3n) is 1.55. The third kappa shape index (κ3) is 5.10. The maximum atomic E-state index is 10.7. The largest absolute Gasteiger partial charge is 0.310 e. The second-order valence-electron chi connectivity index (χ2n) is 3.17. The van der Waals surface area contributed by atoms with Gasteiger partial charge in [0, 0.05) is 13.1 Å². The fourth-order valence-electron chi connectivity index (χ4n) is 0.900. The molecule has 0 fully saturated rings. The molecule has 84 valence electrons. The molecular formula is C11H19N3O. The van der Waals surface area contributed by atoms with E-state index in [1.807, 2.05) is 27.7 Å². The van der Waals surface area contributed by atoms with Gasteiger partial charge in [0.25, 0.3) is 0 Å². The highest BCUT2D eigenvalue weighted by atomic mass is 16.1. The molecule has 0 saturated carbocycles. The van der Waals surface area contributed by atoms with Crippen molar-refractivity contribution in [2.24, 2.45) is 0 Å². The number of hydrogen-bond donors (Lipinski definition) is 1. The Morgan fingerprint density at radius 1 is 1.33 bits per heavy atom. The quantitative estimate of drug-likeness (QED) is 0.814. The van der Waals surface area contributed by atoms with Crippen molar-refractivity contribution >= 4 is 11.7 Å². The Morgan fingerprint density at radius 3 is 2.40 bits per heavy atom. The van der Waals surface area contributed by atoms with Gasteiger partial charge in [-0.1, -0.05) is 27.7 Å². The summed E-state index contributed by atoms with van der Waals surface area (Å²) < 4.78 is 0. The van der Waals surface area contributed by atoms with Gasteiger partial charge in [0.2, 0.25) is 5.91 Å². The first-order valence-electron chi connectivity index (χ1n) is 5.19. The van der Waals surface area contributed by atoms with E-state index in [1.165, 1.54) is 13.1 Å². The van der Waals surface area contributed by atoms with Crippen LogP contribution in [-0.2, 0) is 4.79 Å². The van der Waals surface area contributed by atoms with E-state index < -0.39 is 0 Å². The van der Waals surface area contributed by atoms with Crippen LogP contribution in [0.15, 0.2) is 12.4 Å². The lowest BCUT2D eigenvalue weighted by Gasteiger charge is -2.05. The lowest BCUT2D eigenvalue weighted by atomic mass is 10.1. The first-order valence-corrected chi connectivity index (χ1v) is 5.19. The minimum Gasteiger partial charge on any atom is -0.310 e. The van der Waals surface area contributed by atoms with E-state index in [2.05, 4.69) is 15.3 Å². The van der Waals surface area contributed by atoms with Crippen LogP contribution in [0.4, 0.5) is 5.82 Å². The first-order chi connectivity index (χ1) is 7.09. The number of nitrogens with one attached hydrogen (secondary N) is 1. The van der Waals surface area contributed by atoms with Gasteiger partial charge in [-0.15, -0.1) is 0 Å². The van der Waals surface area contributed by atoms with Crippen molar-refractivity contribution in [1.29, 1.82) is 0 Å². The maximum Gasteiger partial charge on any atom is 0.222 e. The minimum atomic E-state index is -0.129. The van der Waals surface area contributed by atoms with Crippen LogP contribution in [0.25, 0.3) is 0 Å². The molecule has 0 radical (unpaired) electrons. The lowest BCUT2D eigenvalue weighted by Crippen LogP contribution is -2.09. The fourth-order valence-corrected chi connectivity index (χ4v) is 0.900. The topological polar surface area (TPSA) is 54.9 Å². The molecule has 15 heavy (non-hydrogen) atoms. The molecule has 0 atom stereocenters. The number of aromatic nitrogens is 2. The highest BCUT2D eigenvalue weighted by Crippen LogP contribution is 2.11. The molecule has 1 aromatic rings. The maximum absolute atomic E-state index is 10.7. The summed E-state index contributed by atoms with van der Waals surface area (Å²) in [5.74, 6) is 0.704. The molecule has 1 heterocycles. The van der Waals surface area contributed by atoms with Crippen molar-refractivity contribution in [3.8, 4) is 0 Å². The van der Waals surface area contributed by atoms with Gasteiger partial charge >= 0.3 is 0 Å². The summed E-state index contributed by atoms with van der Waals surface area (Å²) in [5, 5.41) is 2.59. The SMILES string of the molecule is CC.CC(=O)Nc1cncc(C(C)C)n1. The number of amides is 1. The molecule has 0 spiro atoms. The summed E-state index contributed by atoms with van der Waals surface area (Å²) in [4.78, 5) is 18.9. The summed E-state index contributed by atoms with van der Waals surface area (Å²) in [5.41, 5.74) is 0.881. The Labute approximate surface area is 91.1 Å². The zero-order valence-electron chi connectivity index (χ0n) is 10.0. The Bertz CT molecular complexity index is 310. The first kappa shape index (κ1) is 13.5. The zero-order chi connectivity index (χ0) is 11.8. The third-order valence-corrected chi connectivity index (χ3v) is 1.55. The van der Waals surface area contributed by atoms with Gasteiger partial charge < -0.3 is 5.32 Å². The Kier molecular flexibility index (Phi) is 6.25. The molecule has 1 amide bonds. The van der Waals surface area contributed by atoms with Crippen molar-refractivity contribution in [3.05, 3.63) is 18.1 Å². The number of nitrogens with zero attached hydrogens (tertiary/aromatic N) is 2. The number of rotatable bonds is 2. The van der Waals surface area contributed by atoms with Crippen LogP contribution in [0, 0.1) is 0 Å². The lowest BCUT2D eigenvalue weighted by molar-refractivity contribution is -0.114. The average molecular weight is 209 g/mol. The van der Waals surface area contributed by atoms with E-state index in [1.54, 1.807) is 6.20 Å². The monoisotopic (exact) mass is 209 g/mol. The van der Waals surface area contributed by atoms with Gasteiger partial charge in [-0.25, -0.2) is 4.98 Å². The minimum absolute atomic E-state index is 0.129. The summed E-state index contributed by atoms with van der Waals surface area (Å²) in [6.07, 6.45) is 3.24. The zero-order valence-corrected chi connectivity index (χ0v) is 10.0. The standard InChI is InChI=1S/C9H13N3O.C2H6/c1-6(2)8-4-10-5-9(12-8)11-7(3)13;1-2/h4-6H,1-3H3,(H,11,12,13);1-2H3. The van der Waals surface area contributed by atoms with Crippen LogP contribution in [0.5, 0.6) is 0 Å². The van der Waals surface area contributed by atoms with Crippen molar-refractivity contribution < 1.29 is 4.79 Å². The highest BCUT2D eigenvalue weighted by molar-refractivity contribution is 5.87. The van der Waals surface area contributed by atoms with E-state index in [9.17, 15) is 4.79 Å². The van der Waals surface area contributed by atoms with Crippen molar-refractivity contribution in [2.45, 2.75) is 40.5 Å². The molecule has 0 aromatic carbocycles. The van der Waals surface area contributed by atoms with E-state index >= 15 is 0 Å². The molecule has 4 nitrogen and oxygen atoms in total. The van der Waals surface area contributed by atoms with Gasteiger partial charge in [0.1, 0.15) is 0 Å². The normalized spacial score (nSPS) is 9.20. The van der Waals surface area contributed by atoms with Gasteiger partial charge in [-0.3, -0.25) is 9.78 Å². The predicted octanol–water partition coefficient (Wildman–Crippen LogP) is 2.58. The molecule has 0 aliphatic carbocycles. The number of carbonyl (C=O) groups excluding carboxylic acids is 1. The second kappa shape index (κ2) is 6.92. The molecular weight excluding hydrogens is 190 g/mol. The van der Waals surface area contributed by atoms with Gasteiger partial charge in [-0.2, -0.15) is 0 Å². The second-order valence-corrected chi connectivity index (χ2v) is 3.17. The van der Waals surface area contributed by atoms with Crippen LogP contribution >= 0.6 is 0 Å². The smallest absolute Gasteiger partial charge is 0.222 e. The van der Waals surface area contributed by atoms with Crippen LogP contribution in [0.3, 0.4) is 0 Å². The molecule has 1 rings (SSSR count). The molecule has 0 unspecified atom stereocenters. The summed E-state index contributed by atoms with van der Waals surface area (Å²) in [6.45, 7) is 9.51. The fraction of sp³-hybridized carbons (Fsp3) is 0.545. The summed E-state index contributed by atoms with van der Waals surface area (Å²) in [6, 6.07) is 0. The van der Waals surface area contributed by atoms with E-state index in [-0.39, 0.29) is 5.91 Å². The van der Waals surface area contributed by atoms with Crippen LogP contribution in [0.1, 0.15) is 46.2 Å². The predicted molar refractivity (Wildman–Crippen MR) is 61.8 cm³/mol. The molecule has 0 saturated heterocycles. The van der Waals surface area contributed by atoms with Crippen molar-refractivity contribution in [1.82, 2.24) is 9.97 Å². The number of anilines is 1. The molecule has 1 aromatic heterocycles. The van der Waals surface area contributed by atoms with E-state index in [0.717, 1.165) is 5.69 Å². The van der Waals surface area contributed by atoms with Gasteiger partial charge in [-0.05, 0) is 5.92 Å².